The summed E-state index contributed by atoms with van der Waals surface area (Å²) in [7, 11) is -2.57. The van der Waals surface area contributed by atoms with Crippen molar-refractivity contribution in [3.8, 4) is 0 Å². The Labute approximate surface area is 196 Å². The van der Waals surface area contributed by atoms with Crippen LogP contribution >= 0.6 is 22.9 Å². The summed E-state index contributed by atoms with van der Waals surface area (Å²) in [5.41, 5.74) is 6.26. The van der Waals surface area contributed by atoms with Crippen LogP contribution in [0.1, 0.15) is 40.9 Å². The normalized spacial score (nSPS) is 24.8. The van der Waals surface area contributed by atoms with Crippen molar-refractivity contribution < 1.29 is 9.00 Å². The molecular weight excluding hydrogens is 464 g/mol. The van der Waals surface area contributed by atoms with Crippen LogP contribution in [0, 0.1) is 0 Å². The monoisotopic (exact) mass is 488 g/mol. The van der Waals surface area contributed by atoms with Gasteiger partial charge in [0.2, 0.25) is 0 Å². The second kappa shape index (κ2) is 7.86. The van der Waals surface area contributed by atoms with Crippen molar-refractivity contribution in [2.24, 2.45) is 10.7 Å². The Bertz CT molecular complexity index is 1360. The van der Waals surface area contributed by atoms with Crippen LogP contribution in [-0.2, 0) is 21.6 Å². The first kappa shape index (κ1) is 22.8. The summed E-state index contributed by atoms with van der Waals surface area (Å²) in [4.78, 5) is 22.7. The van der Waals surface area contributed by atoms with E-state index in [-0.39, 0.29) is 17.5 Å². The maximum absolute atomic E-state index is 13.3. The zero-order valence-electron chi connectivity index (χ0n) is 18.1. The number of carbonyl (C=O) groups is 1. The van der Waals surface area contributed by atoms with Crippen LogP contribution in [0.2, 0.25) is 5.02 Å². The maximum Gasteiger partial charge on any atom is 0.261 e. The van der Waals surface area contributed by atoms with Gasteiger partial charge in [-0.2, -0.15) is 0 Å². The number of aromatic nitrogens is 1. The smallest absolute Gasteiger partial charge is 0.261 e. The molecule has 0 bridgehead atoms. The molecule has 32 heavy (non-hydrogen) atoms. The van der Waals surface area contributed by atoms with Gasteiger partial charge in [0, 0.05) is 30.1 Å². The van der Waals surface area contributed by atoms with E-state index in [0.29, 0.717) is 21.3 Å². The predicted octanol–water partition coefficient (Wildman–Crippen LogP) is 3.96. The zero-order chi connectivity index (χ0) is 23.3. The van der Waals surface area contributed by atoms with E-state index in [1.165, 1.54) is 11.3 Å². The van der Waals surface area contributed by atoms with E-state index < -0.39 is 19.8 Å². The average Bonchev–Trinajstić information content (AvgIpc) is 3.13. The van der Waals surface area contributed by atoms with E-state index in [9.17, 15) is 9.00 Å². The number of thiophene rings is 1. The van der Waals surface area contributed by atoms with Gasteiger partial charge < -0.3 is 11.1 Å². The van der Waals surface area contributed by atoms with Crippen molar-refractivity contribution >= 4 is 60.8 Å². The third kappa shape index (κ3) is 3.91. The van der Waals surface area contributed by atoms with Crippen molar-refractivity contribution in [3.63, 3.8) is 0 Å². The quantitative estimate of drug-likeness (QED) is 0.543. The molecule has 9 heteroatoms. The Morgan fingerprint density at radius 3 is 2.75 bits per heavy atom. The number of pyridine rings is 1. The maximum atomic E-state index is 13.3. The summed E-state index contributed by atoms with van der Waals surface area (Å²) in [6, 6.07) is 9.53. The van der Waals surface area contributed by atoms with Crippen molar-refractivity contribution in [1.82, 2.24) is 10.3 Å². The molecule has 1 aliphatic heterocycles. The van der Waals surface area contributed by atoms with E-state index in [1.807, 2.05) is 31.2 Å². The summed E-state index contributed by atoms with van der Waals surface area (Å²) < 4.78 is 12.5. The molecule has 3 N–H and O–H groups in total. The number of nitrogens with one attached hydrogen (secondary N) is 1. The Balaban J connectivity index is 1.56. The lowest BCUT2D eigenvalue weighted by Crippen LogP contribution is -2.54. The van der Waals surface area contributed by atoms with Crippen LogP contribution in [0.25, 0.3) is 10.8 Å². The molecule has 2 aromatic heterocycles. The van der Waals surface area contributed by atoms with Gasteiger partial charge in [-0.15, -0.1) is 11.3 Å². The molecule has 1 aromatic carbocycles. The standard InChI is InChI=1S/C23H25ClN4O2S2/c1-22(2)21(25)28-23(3,13-32(22,4)30)19-17(24)10-18(31-19)20(29)27-11-14-5-6-16-12-26-8-7-15(16)9-14/h5-10,12H,4,11,13H2,1-3H3,(H2,25,28)(H,27,29)/t23-,32?/m0/s1. The van der Waals surface area contributed by atoms with Gasteiger partial charge >= 0.3 is 0 Å². The molecule has 3 aromatic rings. The SMILES string of the molecule is C=S1(=O)C[C@@](C)(c2sc(C(=O)NCc3ccc4cnccc4c3)cc2Cl)N=C(N)C1(C)C. The number of nitrogens with zero attached hydrogens (tertiary/aromatic N) is 2. The summed E-state index contributed by atoms with van der Waals surface area (Å²) in [6.07, 6.45) is 3.55. The molecule has 1 unspecified atom stereocenters. The van der Waals surface area contributed by atoms with E-state index in [2.05, 4.69) is 21.2 Å². The molecule has 6 nitrogen and oxygen atoms in total. The van der Waals surface area contributed by atoms with Gasteiger partial charge in [0.25, 0.3) is 5.91 Å². The predicted molar refractivity (Wildman–Crippen MR) is 135 cm³/mol. The number of amides is 1. The van der Waals surface area contributed by atoms with Gasteiger partial charge in [0.05, 0.1) is 19.5 Å². The molecule has 2 atom stereocenters. The van der Waals surface area contributed by atoms with Crippen molar-refractivity contribution in [1.29, 1.82) is 0 Å². The second-order valence-electron chi connectivity index (χ2n) is 8.76. The number of amidine groups is 1. The summed E-state index contributed by atoms with van der Waals surface area (Å²) in [5, 5.41) is 5.46. The molecule has 0 fully saturated rings. The molecular formula is C23H25ClN4O2S2. The Morgan fingerprint density at radius 2 is 2.03 bits per heavy atom. The van der Waals surface area contributed by atoms with Gasteiger partial charge in [0.15, 0.2) is 0 Å². The Hall–Kier alpha value is -2.42. The molecule has 1 aliphatic rings. The minimum Gasteiger partial charge on any atom is -0.386 e. The number of nitrogens with two attached hydrogens (primary N) is 1. The molecule has 0 spiro atoms. The van der Waals surface area contributed by atoms with Crippen LogP contribution < -0.4 is 11.1 Å². The average molecular weight is 489 g/mol. The highest BCUT2D eigenvalue weighted by molar-refractivity contribution is 8.02. The van der Waals surface area contributed by atoms with Crippen LogP contribution in [0.4, 0.5) is 0 Å². The van der Waals surface area contributed by atoms with Crippen LogP contribution in [0.3, 0.4) is 0 Å². The topological polar surface area (TPSA) is 97.4 Å². The van der Waals surface area contributed by atoms with Gasteiger partial charge in [-0.1, -0.05) is 23.7 Å². The van der Waals surface area contributed by atoms with Crippen molar-refractivity contribution in [2.75, 3.05) is 5.75 Å². The fraction of sp³-hybridized carbons (Fsp3) is 0.304. The lowest BCUT2D eigenvalue weighted by Gasteiger charge is -2.40. The summed E-state index contributed by atoms with van der Waals surface area (Å²) >= 11 is 7.75. The van der Waals surface area contributed by atoms with Crippen molar-refractivity contribution in [2.45, 2.75) is 37.6 Å². The second-order valence-corrected chi connectivity index (χ2v) is 13.2. The van der Waals surface area contributed by atoms with Crippen LogP contribution in [-0.4, -0.2) is 37.3 Å². The van der Waals surface area contributed by atoms with E-state index >= 15 is 0 Å². The number of fused-ring (bicyclic) bond motifs is 1. The van der Waals surface area contributed by atoms with Crippen LogP contribution in [0.5, 0.6) is 0 Å². The molecule has 4 rings (SSSR count). The van der Waals surface area contributed by atoms with E-state index in [1.54, 1.807) is 32.3 Å². The number of rotatable bonds is 4. The number of halogens is 1. The van der Waals surface area contributed by atoms with Gasteiger partial charge in [-0.3, -0.25) is 19.0 Å². The summed E-state index contributed by atoms with van der Waals surface area (Å²) in [6.45, 7) is 5.80. The van der Waals surface area contributed by atoms with Crippen LogP contribution in [0.15, 0.2) is 47.7 Å². The Kier molecular flexibility index (Phi) is 5.59. The minimum atomic E-state index is -2.57. The third-order valence-corrected chi connectivity index (χ3v) is 10.9. The largest absolute Gasteiger partial charge is 0.386 e. The number of hydrogen-bond donors (Lipinski definition) is 2. The lowest BCUT2D eigenvalue weighted by atomic mass is 10.0. The highest BCUT2D eigenvalue weighted by Gasteiger charge is 2.46. The van der Waals surface area contributed by atoms with Gasteiger partial charge in [0.1, 0.15) is 11.4 Å². The number of aliphatic imine (C=N–C) groups is 1. The molecule has 168 valence electrons. The third-order valence-electron chi connectivity index (χ3n) is 5.99. The zero-order valence-corrected chi connectivity index (χ0v) is 20.5. The van der Waals surface area contributed by atoms with E-state index in [4.69, 9.17) is 17.3 Å². The highest BCUT2D eigenvalue weighted by atomic mass is 35.5. The van der Waals surface area contributed by atoms with Gasteiger partial charge in [-0.05, 0) is 65.3 Å². The first-order chi connectivity index (χ1) is 14.9. The molecule has 0 saturated heterocycles. The molecule has 0 aliphatic carbocycles. The highest BCUT2D eigenvalue weighted by Crippen LogP contribution is 2.43. The van der Waals surface area contributed by atoms with E-state index in [0.717, 1.165) is 16.3 Å². The number of hydrogen-bond acceptors (Lipinski definition) is 6. The first-order valence-electron chi connectivity index (χ1n) is 10.0. The van der Waals surface area contributed by atoms with Gasteiger partial charge in [-0.25, -0.2) is 0 Å². The molecule has 0 saturated carbocycles. The lowest BCUT2D eigenvalue weighted by molar-refractivity contribution is 0.0955. The molecule has 0 radical (unpaired) electrons. The summed E-state index contributed by atoms with van der Waals surface area (Å²) in [5.74, 6) is 4.22. The molecule has 1 amide bonds. The number of benzene rings is 1. The fourth-order valence-corrected chi connectivity index (χ4v) is 7.28. The first-order valence-corrected chi connectivity index (χ1v) is 13.1. The van der Waals surface area contributed by atoms with Crippen molar-refractivity contribution in [3.05, 3.63) is 63.1 Å². The minimum absolute atomic E-state index is 0.209. The fourth-order valence-electron chi connectivity index (χ4n) is 3.73. The molecule has 3 heterocycles. The Morgan fingerprint density at radius 1 is 1.28 bits per heavy atom. The number of carbonyl (C=O) groups excluding carboxylic acids is 1.